The summed E-state index contributed by atoms with van der Waals surface area (Å²) in [5.41, 5.74) is -0.479. The summed E-state index contributed by atoms with van der Waals surface area (Å²) in [5, 5.41) is 14.7. The van der Waals surface area contributed by atoms with Crippen molar-refractivity contribution in [1.29, 1.82) is 5.26 Å². The molecule has 5 heteroatoms. The van der Waals surface area contributed by atoms with E-state index in [9.17, 15) is 5.26 Å². The van der Waals surface area contributed by atoms with E-state index in [1.165, 1.54) is 0 Å². The fourth-order valence-electron chi connectivity index (χ4n) is 2.05. The number of aromatic nitrogens is 2. The Hall–Kier alpha value is -1.64. The first-order valence-electron chi connectivity index (χ1n) is 6.90. The molecule has 0 aliphatic carbocycles. The Morgan fingerprint density at radius 1 is 1.55 bits per heavy atom. The van der Waals surface area contributed by atoms with Gasteiger partial charge in [-0.15, -0.1) is 11.3 Å². The van der Waals surface area contributed by atoms with Crippen molar-refractivity contribution in [3.8, 4) is 16.8 Å². The van der Waals surface area contributed by atoms with E-state index < -0.39 is 5.54 Å². The van der Waals surface area contributed by atoms with E-state index in [2.05, 4.69) is 39.3 Å². The summed E-state index contributed by atoms with van der Waals surface area (Å²) in [4.78, 5) is 5.58. The zero-order chi connectivity index (χ0) is 14.4. The molecule has 4 nitrogen and oxygen atoms in total. The van der Waals surface area contributed by atoms with Gasteiger partial charge in [0.25, 0.3) is 0 Å². The van der Waals surface area contributed by atoms with E-state index in [1.807, 2.05) is 25.4 Å². The molecule has 2 heterocycles. The van der Waals surface area contributed by atoms with Gasteiger partial charge in [0, 0.05) is 18.9 Å². The van der Waals surface area contributed by atoms with E-state index in [1.54, 1.807) is 11.3 Å². The minimum atomic E-state index is -0.479. The molecule has 0 amide bonds. The van der Waals surface area contributed by atoms with E-state index in [0.717, 1.165) is 36.6 Å². The van der Waals surface area contributed by atoms with Gasteiger partial charge in [-0.1, -0.05) is 13.0 Å². The quantitative estimate of drug-likeness (QED) is 0.850. The third-order valence-corrected chi connectivity index (χ3v) is 4.19. The molecule has 0 saturated carbocycles. The van der Waals surface area contributed by atoms with Crippen LogP contribution in [0.4, 0.5) is 0 Å². The standard InChI is InChI=1S/C15H20N4S/c1-3-7-18-15(2,12-16)6-9-19-10-8-17-14(19)13-5-4-11-20-13/h4-5,8,10-11,18H,3,6-7,9H2,1-2H3. The molecule has 0 aromatic carbocycles. The second-order valence-corrected chi connectivity index (χ2v) is 5.99. The molecule has 0 aliphatic rings. The normalized spacial score (nSPS) is 13.8. The fraction of sp³-hybridized carbons (Fsp3) is 0.467. The summed E-state index contributed by atoms with van der Waals surface area (Å²) in [6.45, 7) is 5.72. The van der Waals surface area contributed by atoms with Crippen LogP contribution in [-0.2, 0) is 6.54 Å². The smallest absolute Gasteiger partial charge is 0.149 e. The number of hydrogen-bond donors (Lipinski definition) is 1. The second kappa shape index (κ2) is 6.69. The summed E-state index contributed by atoms with van der Waals surface area (Å²) < 4.78 is 2.12. The molecular weight excluding hydrogens is 268 g/mol. The molecule has 2 aromatic rings. The SMILES string of the molecule is CCCNC(C)(C#N)CCn1ccnc1-c1cccs1. The molecule has 0 aliphatic heterocycles. The lowest BCUT2D eigenvalue weighted by atomic mass is 9.99. The fourth-order valence-corrected chi connectivity index (χ4v) is 2.79. The van der Waals surface area contributed by atoms with Crippen LogP contribution in [0.15, 0.2) is 29.9 Å². The Morgan fingerprint density at radius 3 is 3.05 bits per heavy atom. The van der Waals surface area contributed by atoms with Gasteiger partial charge in [-0.05, 0) is 37.8 Å². The highest BCUT2D eigenvalue weighted by atomic mass is 32.1. The average molecular weight is 288 g/mol. The highest BCUT2D eigenvalue weighted by Crippen LogP contribution is 2.23. The third-order valence-electron chi connectivity index (χ3n) is 3.32. The molecule has 1 atom stereocenters. The lowest BCUT2D eigenvalue weighted by Crippen LogP contribution is -2.42. The summed E-state index contributed by atoms with van der Waals surface area (Å²) in [6.07, 6.45) is 5.59. The van der Waals surface area contributed by atoms with E-state index in [0.29, 0.717) is 0 Å². The van der Waals surface area contributed by atoms with E-state index >= 15 is 0 Å². The monoisotopic (exact) mass is 288 g/mol. The topological polar surface area (TPSA) is 53.6 Å². The highest BCUT2D eigenvalue weighted by molar-refractivity contribution is 7.13. The Bertz CT molecular complexity index is 567. The maximum atomic E-state index is 9.36. The van der Waals surface area contributed by atoms with Crippen LogP contribution in [0.2, 0.25) is 0 Å². The van der Waals surface area contributed by atoms with Gasteiger partial charge in [0.2, 0.25) is 0 Å². The molecule has 106 valence electrons. The van der Waals surface area contributed by atoms with Crippen LogP contribution in [-0.4, -0.2) is 21.6 Å². The van der Waals surface area contributed by atoms with Crippen LogP contribution >= 0.6 is 11.3 Å². The van der Waals surface area contributed by atoms with Crippen molar-refractivity contribution in [3.63, 3.8) is 0 Å². The number of nitriles is 1. The van der Waals surface area contributed by atoms with Crippen molar-refractivity contribution in [3.05, 3.63) is 29.9 Å². The van der Waals surface area contributed by atoms with Crippen molar-refractivity contribution in [2.24, 2.45) is 0 Å². The number of thiophene rings is 1. The number of rotatable bonds is 7. The summed E-state index contributed by atoms with van der Waals surface area (Å²) in [6, 6.07) is 6.49. The molecule has 0 spiro atoms. The van der Waals surface area contributed by atoms with Gasteiger partial charge in [0.15, 0.2) is 0 Å². The first-order valence-corrected chi connectivity index (χ1v) is 7.78. The van der Waals surface area contributed by atoms with Crippen LogP contribution in [0.25, 0.3) is 10.7 Å². The van der Waals surface area contributed by atoms with Crippen molar-refractivity contribution < 1.29 is 0 Å². The summed E-state index contributed by atoms with van der Waals surface area (Å²) in [5.74, 6) is 0.982. The minimum Gasteiger partial charge on any atom is -0.330 e. The first kappa shape index (κ1) is 14.8. The molecular formula is C15H20N4S. The van der Waals surface area contributed by atoms with Gasteiger partial charge < -0.3 is 4.57 Å². The Labute approximate surface area is 124 Å². The van der Waals surface area contributed by atoms with Gasteiger partial charge in [-0.2, -0.15) is 5.26 Å². The number of imidazole rings is 1. The zero-order valence-corrected chi connectivity index (χ0v) is 12.8. The molecule has 0 radical (unpaired) electrons. The number of aryl methyl sites for hydroxylation is 1. The van der Waals surface area contributed by atoms with Crippen molar-refractivity contribution in [2.75, 3.05) is 6.54 Å². The van der Waals surface area contributed by atoms with Crippen LogP contribution < -0.4 is 5.32 Å². The number of nitrogens with zero attached hydrogens (tertiary/aromatic N) is 3. The van der Waals surface area contributed by atoms with Gasteiger partial charge in [-0.25, -0.2) is 4.98 Å². The maximum Gasteiger partial charge on any atom is 0.149 e. The van der Waals surface area contributed by atoms with Gasteiger partial charge in [0.1, 0.15) is 11.4 Å². The number of nitrogens with one attached hydrogen (secondary N) is 1. The molecule has 0 fully saturated rings. The van der Waals surface area contributed by atoms with Gasteiger partial charge >= 0.3 is 0 Å². The van der Waals surface area contributed by atoms with Crippen LogP contribution in [0, 0.1) is 11.3 Å². The molecule has 2 aromatic heterocycles. The first-order chi connectivity index (χ1) is 9.68. The van der Waals surface area contributed by atoms with Gasteiger partial charge in [0.05, 0.1) is 10.9 Å². The highest BCUT2D eigenvalue weighted by Gasteiger charge is 2.22. The van der Waals surface area contributed by atoms with Crippen molar-refractivity contribution in [1.82, 2.24) is 14.9 Å². The molecule has 0 bridgehead atoms. The predicted octanol–water partition coefficient (Wildman–Crippen LogP) is 3.28. The Morgan fingerprint density at radius 2 is 2.40 bits per heavy atom. The summed E-state index contributed by atoms with van der Waals surface area (Å²) >= 11 is 1.68. The van der Waals surface area contributed by atoms with E-state index in [-0.39, 0.29) is 0 Å². The molecule has 1 N–H and O–H groups in total. The third kappa shape index (κ3) is 3.47. The molecule has 0 saturated heterocycles. The lowest BCUT2D eigenvalue weighted by molar-refractivity contribution is 0.394. The Balaban J connectivity index is 2.04. The lowest BCUT2D eigenvalue weighted by Gasteiger charge is -2.23. The number of hydrogen-bond acceptors (Lipinski definition) is 4. The Kier molecular flexibility index (Phi) is 4.94. The minimum absolute atomic E-state index is 0.479. The van der Waals surface area contributed by atoms with Crippen molar-refractivity contribution in [2.45, 2.75) is 38.8 Å². The average Bonchev–Trinajstić information content (AvgIpc) is 3.12. The molecule has 2 rings (SSSR count). The summed E-state index contributed by atoms with van der Waals surface area (Å²) in [7, 11) is 0. The van der Waals surface area contributed by atoms with Crippen LogP contribution in [0.3, 0.4) is 0 Å². The molecule has 20 heavy (non-hydrogen) atoms. The van der Waals surface area contributed by atoms with Crippen molar-refractivity contribution >= 4 is 11.3 Å². The second-order valence-electron chi connectivity index (χ2n) is 5.04. The van der Waals surface area contributed by atoms with Crippen LogP contribution in [0.5, 0.6) is 0 Å². The maximum absolute atomic E-state index is 9.36. The zero-order valence-electron chi connectivity index (χ0n) is 12.0. The van der Waals surface area contributed by atoms with Gasteiger partial charge in [-0.3, -0.25) is 5.32 Å². The van der Waals surface area contributed by atoms with Crippen LogP contribution in [0.1, 0.15) is 26.7 Å². The van der Waals surface area contributed by atoms with E-state index in [4.69, 9.17) is 0 Å². The largest absolute Gasteiger partial charge is 0.330 e. The molecule has 1 unspecified atom stereocenters. The predicted molar refractivity (Wildman–Crippen MR) is 82.5 cm³/mol.